The quantitative estimate of drug-likeness (QED) is 0.579. The first-order valence-electron chi connectivity index (χ1n) is 6.21. The molecule has 0 aromatic carbocycles. The van der Waals surface area contributed by atoms with Gasteiger partial charge in [0, 0.05) is 11.9 Å². The van der Waals surface area contributed by atoms with E-state index in [4.69, 9.17) is 0 Å². The molecule has 0 fully saturated rings. The topological polar surface area (TPSA) is 54.5 Å². The van der Waals surface area contributed by atoms with Gasteiger partial charge in [0.25, 0.3) is 0 Å². The molecule has 1 N–H and O–H groups in total. The molecule has 6 heteroatoms. The summed E-state index contributed by atoms with van der Waals surface area (Å²) in [5.41, 5.74) is 0.369. The fourth-order valence-corrected chi connectivity index (χ4v) is 2.30. The number of ether oxygens (including phenoxy) is 1. The van der Waals surface area contributed by atoms with Crippen LogP contribution >= 0.6 is 11.3 Å². The number of hydrogen-bond acceptors (Lipinski definition) is 6. The number of carbonyl (C=O) groups excluding carboxylic acids is 1. The summed E-state index contributed by atoms with van der Waals surface area (Å²) in [4.78, 5) is 17.7. The van der Waals surface area contributed by atoms with Crippen LogP contribution in [0.25, 0.3) is 0 Å². The van der Waals surface area contributed by atoms with E-state index in [9.17, 15) is 4.79 Å². The second-order valence-electron chi connectivity index (χ2n) is 3.84. The number of nitrogens with one attached hydrogen (secondary N) is 1. The molecule has 0 saturated carbocycles. The third kappa shape index (κ3) is 4.62. The Morgan fingerprint density at radius 3 is 2.83 bits per heavy atom. The van der Waals surface area contributed by atoms with Crippen molar-refractivity contribution in [2.75, 3.05) is 38.6 Å². The number of carbonyl (C=O) groups is 1. The minimum atomic E-state index is -0.387. The predicted molar refractivity (Wildman–Crippen MR) is 74.3 cm³/mol. The van der Waals surface area contributed by atoms with E-state index in [2.05, 4.69) is 33.8 Å². The molecular formula is C12H21N3O2S. The summed E-state index contributed by atoms with van der Waals surface area (Å²) in [5.74, 6) is -0.387. The lowest BCUT2D eigenvalue weighted by atomic mass is 10.3. The molecule has 1 rings (SSSR count). The summed E-state index contributed by atoms with van der Waals surface area (Å²) in [6, 6.07) is 0. The molecule has 18 heavy (non-hydrogen) atoms. The van der Waals surface area contributed by atoms with Crippen LogP contribution in [0.3, 0.4) is 0 Å². The summed E-state index contributed by atoms with van der Waals surface area (Å²) in [6.45, 7) is 8.45. The summed E-state index contributed by atoms with van der Waals surface area (Å²) in [5, 5.41) is 5.70. The van der Waals surface area contributed by atoms with Crippen molar-refractivity contribution in [3.05, 3.63) is 11.1 Å². The van der Waals surface area contributed by atoms with Crippen LogP contribution < -0.4 is 5.32 Å². The second kappa shape index (κ2) is 8.05. The van der Waals surface area contributed by atoms with Gasteiger partial charge in [0.05, 0.1) is 7.11 Å². The lowest BCUT2D eigenvalue weighted by molar-refractivity contribution is 0.0595. The molecule has 102 valence electrons. The Kier molecular flexibility index (Phi) is 6.67. The molecule has 0 atom stereocenters. The molecule has 0 bridgehead atoms. The van der Waals surface area contributed by atoms with Crippen molar-refractivity contribution in [2.24, 2.45) is 0 Å². The van der Waals surface area contributed by atoms with E-state index in [1.54, 1.807) is 5.38 Å². The van der Waals surface area contributed by atoms with Crippen molar-refractivity contribution in [3.8, 4) is 0 Å². The van der Waals surface area contributed by atoms with Crippen molar-refractivity contribution in [2.45, 2.75) is 20.3 Å². The fraction of sp³-hybridized carbons (Fsp3) is 0.667. The van der Waals surface area contributed by atoms with E-state index in [1.165, 1.54) is 18.4 Å². The first kappa shape index (κ1) is 14.9. The minimum Gasteiger partial charge on any atom is -0.464 e. The van der Waals surface area contributed by atoms with Crippen LogP contribution in [0.4, 0.5) is 5.13 Å². The number of hydrogen-bond donors (Lipinski definition) is 1. The Balaban J connectivity index is 2.27. The second-order valence-corrected chi connectivity index (χ2v) is 4.69. The van der Waals surface area contributed by atoms with Crippen molar-refractivity contribution in [3.63, 3.8) is 0 Å². The monoisotopic (exact) mass is 271 g/mol. The molecule has 0 spiro atoms. The van der Waals surface area contributed by atoms with Gasteiger partial charge in [-0.05, 0) is 26.1 Å². The highest BCUT2D eigenvalue weighted by molar-refractivity contribution is 7.13. The smallest absolute Gasteiger partial charge is 0.357 e. The zero-order valence-electron chi connectivity index (χ0n) is 11.2. The molecular weight excluding hydrogens is 250 g/mol. The Bertz CT molecular complexity index is 364. The summed E-state index contributed by atoms with van der Waals surface area (Å²) >= 11 is 1.43. The van der Waals surface area contributed by atoms with Crippen LogP contribution in [-0.4, -0.2) is 49.1 Å². The van der Waals surface area contributed by atoms with Crippen LogP contribution in [-0.2, 0) is 4.74 Å². The zero-order valence-corrected chi connectivity index (χ0v) is 12.0. The normalized spacial score (nSPS) is 10.7. The number of rotatable bonds is 8. The maximum atomic E-state index is 11.2. The van der Waals surface area contributed by atoms with Gasteiger partial charge in [-0.2, -0.15) is 0 Å². The third-order valence-electron chi connectivity index (χ3n) is 2.72. The molecule has 0 aliphatic heterocycles. The Labute approximate surface area is 112 Å². The lowest BCUT2D eigenvalue weighted by Gasteiger charge is -2.17. The van der Waals surface area contributed by atoms with Gasteiger partial charge in [-0.15, -0.1) is 11.3 Å². The van der Waals surface area contributed by atoms with E-state index in [0.717, 1.165) is 37.7 Å². The number of esters is 1. The first-order chi connectivity index (χ1) is 8.71. The Morgan fingerprint density at radius 1 is 1.50 bits per heavy atom. The highest BCUT2D eigenvalue weighted by Gasteiger charge is 2.10. The SMILES string of the molecule is CCN(CC)CCCNc1nc(C(=O)OC)cs1. The molecule has 0 unspecified atom stereocenters. The average Bonchev–Trinajstić information content (AvgIpc) is 2.87. The van der Waals surface area contributed by atoms with Gasteiger partial charge in [0.2, 0.25) is 0 Å². The molecule has 0 aliphatic rings. The first-order valence-corrected chi connectivity index (χ1v) is 7.09. The van der Waals surface area contributed by atoms with Crippen molar-refractivity contribution in [1.29, 1.82) is 0 Å². The molecule has 0 saturated heterocycles. The molecule has 0 radical (unpaired) electrons. The van der Waals surface area contributed by atoms with E-state index in [1.807, 2.05) is 0 Å². The zero-order chi connectivity index (χ0) is 13.4. The maximum Gasteiger partial charge on any atom is 0.357 e. The van der Waals surface area contributed by atoms with E-state index < -0.39 is 0 Å². The minimum absolute atomic E-state index is 0.369. The van der Waals surface area contributed by atoms with Crippen LogP contribution in [0.2, 0.25) is 0 Å². The fourth-order valence-electron chi connectivity index (χ4n) is 1.59. The number of methoxy groups -OCH3 is 1. The number of anilines is 1. The molecule has 1 heterocycles. The molecule has 1 aromatic rings. The standard InChI is InChI=1S/C12H21N3O2S/c1-4-15(5-2)8-6-7-13-12-14-10(9-18-12)11(16)17-3/h9H,4-8H2,1-3H3,(H,13,14). The molecule has 1 aromatic heterocycles. The van der Waals surface area contributed by atoms with Crippen LogP contribution in [0.1, 0.15) is 30.8 Å². The van der Waals surface area contributed by atoms with Gasteiger partial charge >= 0.3 is 5.97 Å². The highest BCUT2D eigenvalue weighted by Crippen LogP contribution is 2.15. The van der Waals surface area contributed by atoms with Crippen molar-refractivity contribution in [1.82, 2.24) is 9.88 Å². The van der Waals surface area contributed by atoms with Crippen LogP contribution in [0.15, 0.2) is 5.38 Å². The van der Waals surface area contributed by atoms with Gasteiger partial charge in [0.15, 0.2) is 10.8 Å². The lowest BCUT2D eigenvalue weighted by Crippen LogP contribution is -2.25. The van der Waals surface area contributed by atoms with Crippen LogP contribution in [0, 0.1) is 0 Å². The molecule has 0 amide bonds. The van der Waals surface area contributed by atoms with Crippen LogP contribution in [0.5, 0.6) is 0 Å². The largest absolute Gasteiger partial charge is 0.464 e. The van der Waals surface area contributed by atoms with Crippen molar-refractivity contribution < 1.29 is 9.53 Å². The van der Waals surface area contributed by atoms with Gasteiger partial charge < -0.3 is 15.0 Å². The van der Waals surface area contributed by atoms with E-state index in [-0.39, 0.29) is 5.97 Å². The molecule has 0 aliphatic carbocycles. The van der Waals surface area contributed by atoms with E-state index in [0.29, 0.717) is 5.69 Å². The third-order valence-corrected chi connectivity index (χ3v) is 3.52. The van der Waals surface area contributed by atoms with Gasteiger partial charge in [0.1, 0.15) is 0 Å². The Hall–Kier alpha value is -1.14. The van der Waals surface area contributed by atoms with Gasteiger partial charge in [-0.25, -0.2) is 9.78 Å². The summed E-state index contributed by atoms with van der Waals surface area (Å²) in [7, 11) is 1.36. The average molecular weight is 271 g/mol. The Morgan fingerprint density at radius 2 is 2.22 bits per heavy atom. The predicted octanol–water partition coefficient (Wildman–Crippen LogP) is 2.07. The highest BCUT2D eigenvalue weighted by atomic mass is 32.1. The van der Waals surface area contributed by atoms with Crippen molar-refractivity contribution >= 4 is 22.4 Å². The number of aromatic nitrogens is 1. The molecule has 5 nitrogen and oxygen atoms in total. The summed E-state index contributed by atoms with van der Waals surface area (Å²) < 4.78 is 4.61. The van der Waals surface area contributed by atoms with Gasteiger partial charge in [-0.3, -0.25) is 0 Å². The van der Waals surface area contributed by atoms with E-state index >= 15 is 0 Å². The summed E-state index contributed by atoms with van der Waals surface area (Å²) in [6.07, 6.45) is 1.06. The number of nitrogens with zero attached hydrogens (tertiary/aromatic N) is 2. The number of thiazole rings is 1. The maximum absolute atomic E-state index is 11.2. The van der Waals surface area contributed by atoms with Gasteiger partial charge in [-0.1, -0.05) is 13.8 Å².